The van der Waals surface area contributed by atoms with Crippen LogP contribution in [-0.4, -0.2) is 24.2 Å². The number of carboxylic acids is 1. The van der Waals surface area contributed by atoms with E-state index in [4.69, 9.17) is 5.11 Å². The molecule has 0 saturated carbocycles. The Labute approximate surface area is 42.3 Å². The van der Waals surface area contributed by atoms with E-state index in [1.54, 1.807) is 0 Å². The molecule has 1 N–H and O–H groups in total. The summed E-state index contributed by atoms with van der Waals surface area (Å²) in [5.41, 5.74) is 0. The largest absolute Gasteiger partial charge is 0.480 e. The number of carbonyl (C=O) groups is 1. The van der Waals surface area contributed by atoms with Gasteiger partial charge < -0.3 is 5.11 Å². The van der Waals surface area contributed by atoms with Crippen LogP contribution >= 0.6 is 0 Å². The number of rotatable bonds is 3. The SMILES string of the molecule is CC[N]CC(=O)O. The summed E-state index contributed by atoms with van der Waals surface area (Å²) >= 11 is 0. The minimum atomic E-state index is -0.859. The molecule has 0 amide bonds. The second-order valence-corrected chi connectivity index (χ2v) is 1.09. The Bertz CT molecular complexity index is 62.7. The maximum Gasteiger partial charge on any atom is 0.319 e. The highest BCUT2D eigenvalue weighted by atomic mass is 16.4. The summed E-state index contributed by atoms with van der Waals surface area (Å²) in [6.07, 6.45) is 0. The Balaban J connectivity index is 2.82. The predicted octanol–water partition coefficient (Wildman–Crippen LogP) is -0.305. The van der Waals surface area contributed by atoms with Gasteiger partial charge in [0.05, 0.1) is 0 Å². The normalized spacial score (nSPS) is 8.71. The van der Waals surface area contributed by atoms with Crippen LogP contribution in [0.4, 0.5) is 0 Å². The van der Waals surface area contributed by atoms with Gasteiger partial charge in [0.1, 0.15) is 6.54 Å². The van der Waals surface area contributed by atoms with Gasteiger partial charge in [0.2, 0.25) is 0 Å². The van der Waals surface area contributed by atoms with E-state index in [-0.39, 0.29) is 6.54 Å². The zero-order valence-electron chi connectivity index (χ0n) is 4.22. The van der Waals surface area contributed by atoms with Crippen LogP contribution in [-0.2, 0) is 4.79 Å². The van der Waals surface area contributed by atoms with Gasteiger partial charge in [-0.2, -0.15) is 0 Å². The van der Waals surface area contributed by atoms with Gasteiger partial charge in [0.25, 0.3) is 0 Å². The molecule has 1 radical (unpaired) electrons. The molecule has 0 aliphatic carbocycles. The van der Waals surface area contributed by atoms with Crippen LogP contribution in [0.1, 0.15) is 6.92 Å². The third kappa shape index (κ3) is 5.43. The fraction of sp³-hybridized carbons (Fsp3) is 0.750. The van der Waals surface area contributed by atoms with E-state index in [2.05, 4.69) is 5.32 Å². The Hall–Kier alpha value is -0.570. The van der Waals surface area contributed by atoms with Crippen molar-refractivity contribution in [2.75, 3.05) is 13.1 Å². The third-order valence-electron chi connectivity index (χ3n) is 0.471. The van der Waals surface area contributed by atoms with Crippen LogP contribution in [0.25, 0.3) is 0 Å². The molecule has 0 fully saturated rings. The summed E-state index contributed by atoms with van der Waals surface area (Å²) in [4.78, 5) is 9.66. The average Bonchev–Trinajstić information content (AvgIpc) is 1.61. The van der Waals surface area contributed by atoms with Crippen LogP contribution in [0.2, 0.25) is 0 Å². The highest BCUT2D eigenvalue weighted by Crippen LogP contribution is 1.60. The van der Waals surface area contributed by atoms with Gasteiger partial charge in [0, 0.05) is 6.54 Å². The van der Waals surface area contributed by atoms with E-state index < -0.39 is 5.97 Å². The van der Waals surface area contributed by atoms with E-state index in [0.29, 0.717) is 6.54 Å². The topological polar surface area (TPSA) is 51.4 Å². The predicted molar refractivity (Wildman–Crippen MR) is 25.2 cm³/mol. The van der Waals surface area contributed by atoms with Crippen LogP contribution in [0.15, 0.2) is 0 Å². The van der Waals surface area contributed by atoms with Gasteiger partial charge in [-0.3, -0.25) is 4.79 Å². The summed E-state index contributed by atoms with van der Waals surface area (Å²) < 4.78 is 0. The minimum absolute atomic E-state index is 0.0590. The van der Waals surface area contributed by atoms with E-state index >= 15 is 0 Å². The molecular formula is C4H8NO2. The molecule has 0 bridgehead atoms. The van der Waals surface area contributed by atoms with Crippen molar-refractivity contribution < 1.29 is 9.90 Å². The summed E-state index contributed by atoms with van der Waals surface area (Å²) in [5.74, 6) is -0.859. The average molecular weight is 102 g/mol. The van der Waals surface area contributed by atoms with E-state index in [1.807, 2.05) is 6.92 Å². The first-order chi connectivity index (χ1) is 3.27. The lowest BCUT2D eigenvalue weighted by Gasteiger charge is -1.87. The lowest BCUT2D eigenvalue weighted by atomic mass is 10.6. The van der Waals surface area contributed by atoms with Crippen molar-refractivity contribution in [3.8, 4) is 0 Å². The fourth-order valence-corrected chi connectivity index (χ4v) is 0.207. The van der Waals surface area contributed by atoms with Crippen molar-refractivity contribution in [1.82, 2.24) is 5.32 Å². The molecule has 7 heavy (non-hydrogen) atoms. The molecule has 0 aliphatic rings. The summed E-state index contributed by atoms with van der Waals surface area (Å²) in [6.45, 7) is 2.34. The number of likely N-dealkylation sites (N-methyl/N-ethyl adjacent to an activating group) is 1. The highest BCUT2D eigenvalue weighted by Gasteiger charge is 1.90. The zero-order chi connectivity index (χ0) is 5.70. The van der Waals surface area contributed by atoms with Crippen molar-refractivity contribution in [3.05, 3.63) is 0 Å². The van der Waals surface area contributed by atoms with Gasteiger partial charge >= 0.3 is 5.97 Å². The van der Waals surface area contributed by atoms with Crippen molar-refractivity contribution >= 4 is 5.97 Å². The number of carboxylic acid groups (broad SMARTS) is 1. The quantitative estimate of drug-likeness (QED) is 0.531. The van der Waals surface area contributed by atoms with Crippen molar-refractivity contribution in [2.45, 2.75) is 6.92 Å². The summed E-state index contributed by atoms with van der Waals surface area (Å²) in [6, 6.07) is 0. The molecule has 0 aromatic heterocycles. The smallest absolute Gasteiger partial charge is 0.319 e. The van der Waals surface area contributed by atoms with Crippen molar-refractivity contribution in [1.29, 1.82) is 0 Å². The van der Waals surface area contributed by atoms with Gasteiger partial charge in [-0.1, -0.05) is 6.92 Å². The fourth-order valence-electron chi connectivity index (χ4n) is 0.207. The Morgan fingerprint density at radius 1 is 1.86 bits per heavy atom. The number of hydrogen-bond donors (Lipinski definition) is 1. The van der Waals surface area contributed by atoms with Gasteiger partial charge in [-0.25, -0.2) is 5.32 Å². The lowest BCUT2D eigenvalue weighted by Crippen LogP contribution is -2.14. The molecule has 0 saturated heterocycles. The Kier molecular flexibility index (Phi) is 3.32. The second-order valence-electron chi connectivity index (χ2n) is 1.09. The van der Waals surface area contributed by atoms with E-state index in [1.165, 1.54) is 0 Å². The standard InChI is InChI=1S/C4H8NO2/c1-2-5-3-4(6)7/h2-3H2,1H3,(H,6,7). The van der Waals surface area contributed by atoms with E-state index in [9.17, 15) is 4.79 Å². The van der Waals surface area contributed by atoms with Gasteiger partial charge in [-0.15, -0.1) is 0 Å². The minimum Gasteiger partial charge on any atom is -0.480 e. The molecule has 3 nitrogen and oxygen atoms in total. The second kappa shape index (κ2) is 3.61. The molecule has 0 aliphatic heterocycles. The van der Waals surface area contributed by atoms with Crippen LogP contribution in [0, 0.1) is 0 Å². The molecule has 0 heterocycles. The highest BCUT2D eigenvalue weighted by molar-refractivity contribution is 5.68. The van der Waals surface area contributed by atoms with E-state index in [0.717, 1.165) is 0 Å². The lowest BCUT2D eigenvalue weighted by molar-refractivity contribution is -0.136. The number of hydrogen-bond acceptors (Lipinski definition) is 1. The monoisotopic (exact) mass is 102 g/mol. The molecule has 0 unspecified atom stereocenters. The van der Waals surface area contributed by atoms with Crippen molar-refractivity contribution in [3.63, 3.8) is 0 Å². The van der Waals surface area contributed by atoms with Crippen LogP contribution in [0.5, 0.6) is 0 Å². The zero-order valence-corrected chi connectivity index (χ0v) is 4.22. The molecule has 0 rings (SSSR count). The van der Waals surface area contributed by atoms with Crippen LogP contribution in [0.3, 0.4) is 0 Å². The third-order valence-corrected chi connectivity index (χ3v) is 0.471. The van der Waals surface area contributed by atoms with Crippen molar-refractivity contribution in [2.24, 2.45) is 0 Å². The maximum atomic E-state index is 9.66. The Morgan fingerprint density at radius 3 is 2.57 bits per heavy atom. The number of nitrogens with zero attached hydrogens (tertiary/aromatic N) is 1. The number of aliphatic carboxylic acids is 1. The summed E-state index contributed by atoms with van der Waals surface area (Å²) in [5, 5.41) is 11.5. The maximum absolute atomic E-state index is 9.66. The summed E-state index contributed by atoms with van der Waals surface area (Å²) in [7, 11) is 0. The van der Waals surface area contributed by atoms with Gasteiger partial charge in [0.15, 0.2) is 0 Å². The molecule has 0 aromatic rings. The molecule has 3 heteroatoms. The van der Waals surface area contributed by atoms with Crippen LogP contribution < -0.4 is 5.32 Å². The Morgan fingerprint density at radius 2 is 2.43 bits per heavy atom. The molecule has 0 spiro atoms. The first kappa shape index (κ1) is 6.43. The molecule has 41 valence electrons. The molecular weight excluding hydrogens is 94.0 g/mol. The first-order valence-corrected chi connectivity index (χ1v) is 2.12. The molecule has 0 aromatic carbocycles. The van der Waals surface area contributed by atoms with Gasteiger partial charge in [-0.05, 0) is 0 Å². The first-order valence-electron chi connectivity index (χ1n) is 2.12. The molecule has 0 atom stereocenters.